The van der Waals surface area contributed by atoms with Crippen molar-refractivity contribution in [1.29, 1.82) is 0 Å². The van der Waals surface area contributed by atoms with E-state index in [-0.39, 0.29) is 0 Å². The average molecular weight is 226 g/mol. The molecular formula is C16H18O. The van der Waals surface area contributed by atoms with Gasteiger partial charge in [-0.15, -0.1) is 0 Å². The molecule has 1 aromatic carbocycles. The van der Waals surface area contributed by atoms with Gasteiger partial charge in [-0.3, -0.25) is 4.79 Å². The molecule has 0 aliphatic heterocycles. The van der Waals surface area contributed by atoms with Crippen molar-refractivity contribution in [1.82, 2.24) is 0 Å². The molecule has 2 unspecified atom stereocenters. The zero-order chi connectivity index (χ0) is 12.0. The van der Waals surface area contributed by atoms with Crippen LogP contribution in [0.2, 0.25) is 0 Å². The Kier molecular flexibility index (Phi) is 2.25. The van der Waals surface area contributed by atoms with E-state index in [4.69, 9.17) is 0 Å². The van der Waals surface area contributed by atoms with Crippen molar-refractivity contribution in [2.75, 3.05) is 0 Å². The third-order valence-electron chi connectivity index (χ3n) is 4.87. The summed E-state index contributed by atoms with van der Waals surface area (Å²) in [6, 6.07) is 7.97. The Hall–Kier alpha value is -1.37. The topological polar surface area (TPSA) is 17.1 Å². The van der Waals surface area contributed by atoms with E-state index in [0.717, 1.165) is 23.3 Å². The highest BCUT2D eigenvalue weighted by atomic mass is 16.1. The summed E-state index contributed by atoms with van der Waals surface area (Å²) in [5.74, 6) is 1.49. The Labute approximate surface area is 103 Å². The molecule has 4 rings (SSSR count). The molecule has 1 aromatic rings. The normalized spacial score (nSPS) is 29.2. The fourth-order valence-electron chi connectivity index (χ4n) is 3.52. The van der Waals surface area contributed by atoms with E-state index in [9.17, 15) is 4.79 Å². The molecule has 3 aliphatic carbocycles. The fraction of sp³-hybridized carbons (Fsp3) is 0.438. The minimum absolute atomic E-state index is 0.417. The lowest BCUT2D eigenvalue weighted by molar-refractivity contribution is 0.0113. The maximum Gasteiger partial charge on any atom is 0.150 e. The minimum Gasteiger partial charge on any atom is -0.298 e. The Balaban J connectivity index is 2.05. The quantitative estimate of drug-likeness (QED) is 0.698. The van der Waals surface area contributed by atoms with Gasteiger partial charge in [0.25, 0.3) is 0 Å². The lowest BCUT2D eigenvalue weighted by Gasteiger charge is -2.56. The van der Waals surface area contributed by atoms with Gasteiger partial charge >= 0.3 is 0 Å². The second-order valence-corrected chi connectivity index (χ2v) is 5.91. The number of benzene rings is 1. The SMILES string of the molecule is CC1(C)C2CC=C(c3ccccc3C=O)C1C2. The molecule has 0 spiro atoms. The summed E-state index contributed by atoms with van der Waals surface area (Å²) >= 11 is 0. The second-order valence-electron chi connectivity index (χ2n) is 5.91. The Morgan fingerprint density at radius 3 is 2.71 bits per heavy atom. The summed E-state index contributed by atoms with van der Waals surface area (Å²) in [5, 5.41) is 0. The van der Waals surface area contributed by atoms with Gasteiger partial charge in [-0.25, -0.2) is 0 Å². The number of fused-ring (bicyclic) bond motifs is 1. The van der Waals surface area contributed by atoms with Gasteiger partial charge < -0.3 is 0 Å². The van der Waals surface area contributed by atoms with E-state index in [2.05, 4.69) is 26.0 Å². The Morgan fingerprint density at radius 1 is 1.29 bits per heavy atom. The van der Waals surface area contributed by atoms with Gasteiger partial charge in [0.1, 0.15) is 0 Å². The summed E-state index contributed by atoms with van der Waals surface area (Å²) in [6.45, 7) is 4.73. The van der Waals surface area contributed by atoms with Crippen LogP contribution in [0.5, 0.6) is 0 Å². The second kappa shape index (κ2) is 3.56. The van der Waals surface area contributed by atoms with E-state index in [0.29, 0.717) is 11.3 Å². The van der Waals surface area contributed by atoms with Gasteiger partial charge in [0.05, 0.1) is 0 Å². The van der Waals surface area contributed by atoms with Crippen LogP contribution in [0.4, 0.5) is 0 Å². The van der Waals surface area contributed by atoms with Gasteiger partial charge in [0.15, 0.2) is 6.29 Å². The molecule has 0 aromatic heterocycles. The predicted molar refractivity (Wildman–Crippen MR) is 69.8 cm³/mol. The molecule has 1 nitrogen and oxygen atoms in total. The summed E-state index contributed by atoms with van der Waals surface area (Å²) in [5.41, 5.74) is 3.80. The maximum atomic E-state index is 11.1. The molecule has 1 saturated carbocycles. The monoisotopic (exact) mass is 226 g/mol. The van der Waals surface area contributed by atoms with Gasteiger partial charge in [-0.1, -0.05) is 44.2 Å². The Bertz CT molecular complexity index is 496. The minimum atomic E-state index is 0.417. The maximum absolute atomic E-state index is 11.1. The number of hydrogen-bond donors (Lipinski definition) is 0. The zero-order valence-electron chi connectivity index (χ0n) is 10.4. The lowest BCUT2D eigenvalue weighted by atomic mass is 9.48. The number of aldehydes is 1. The van der Waals surface area contributed by atoms with Crippen molar-refractivity contribution in [3.8, 4) is 0 Å². The van der Waals surface area contributed by atoms with E-state index in [1.54, 1.807) is 0 Å². The third kappa shape index (κ3) is 1.41. The summed E-state index contributed by atoms with van der Waals surface area (Å²) < 4.78 is 0. The number of rotatable bonds is 2. The average Bonchev–Trinajstić information content (AvgIpc) is 2.38. The molecule has 0 amide bonds. The molecule has 17 heavy (non-hydrogen) atoms. The lowest BCUT2D eigenvalue weighted by Crippen LogP contribution is -2.47. The van der Waals surface area contributed by atoms with Crippen LogP contribution in [0.3, 0.4) is 0 Å². The van der Waals surface area contributed by atoms with Crippen molar-refractivity contribution in [2.45, 2.75) is 26.7 Å². The standard InChI is InChI=1S/C16H18O/c1-16(2)12-7-8-14(15(16)9-12)13-6-4-3-5-11(13)10-17/h3-6,8,10,12,15H,7,9H2,1-2H3. The van der Waals surface area contributed by atoms with E-state index in [1.165, 1.54) is 18.4 Å². The first-order chi connectivity index (χ1) is 8.14. The van der Waals surface area contributed by atoms with E-state index < -0.39 is 0 Å². The van der Waals surface area contributed by atoms with Crippen molar-refractivity contribution in [2.24, 2.45) is 17.3 Å². The van der Waals surface area contributed by atoms with Crippen LogP contribution in [-0.2, 0) is 0 Å². The van der Waals surface area contributed by atoms with E-state index in [1.807, 2.05) is 18.2 Å². The van der Waals surface area contributed by atoms with Gasteiger partial charge in [0, 0.05) is 5.56 Å². The molecule has 0 saturated heterocycles. The highest BCUT2D eigenvalue weighted by Gasteiger charge is 2.51. The van der Waals surface area contributed by atoms with Crippen molar-refractivity contribution < 1.29 is 4.79 Å². The van der Waals surface area contributed by atoms with Crippen LogP contribution in [0.25, 0.3) is 5.57 Å². The van der Waals surface area contributed by atoms with Crippen LogP contribution < -0.4 is 0 Å². The van der Waals surface area contributed by atoms with Crippen molar-refractivity contribution >= 4 is 11.9 Å². The molecule has 1 heteroatoms. The predicted octanol–water partition coefficient (Wildman–Crippen LogP) is 3.95. The van der Waals surface area contributed by atoms with Crippen LogP contribution in [-0.4, -0.2) is 6.29 Å². The molecule has 2 atom stereocenters. The summed E-state index contributed by atoms with van der Waals surface area (Å²) in [7, 11) is 0. The van der Waals surface area contributed by atoms with Crippen LogP contribution in [0.15, 0.2) is 30.3 Å². The van der Waals surface area contributed by atoms with Crippen molar-refractivity contribution in [3.63, 3.8) is 0 Å². The molecule has 2 bridgehead atoms. The highest BCUT2D eigenvalue weighted by Crippen LogP contribution is 2.61. The summed E-state index contributed by atoms with van der Waals surface area (Å²) in [4.78, 5) is 11.1. The fourth-order valence-corrected chi connectivity index (χ4v) is 3.52. The first-order valence-corrected chi connectivity index (χ1v) is 6.39. The molecule has 0 heterocycles. The Morgan fingerprint density at radius 2 is 2.06 bits per heavy atom. The highest BCUT2D eigenvalue weighted by molar-refractivity contribution is 5.86. The van der Waals surface area contributed by atoms with Crippen LogP contribution in [0, 0.1) is 17.3 Å². The molecule has 0 N–H and O–H groups in total. The summed E-state index contributed by atoms with van der Waals surface area (Å²) in [6.07, 6.45) is 5.80. The number of allylic oxidation sites excluding steroid dienone is 2. The first kappa shape index (κ1) is 10.8. The van der Waals surface area contributed by atoms with Crippen LogP contribution >= 0.6 is 0 Å². The third-order valence-corrected chi connectivity index (χ3v) is 4.87. The smallest absolute Gasteiger partial charge is 0.150 e. The van der Waals surface area contributed by atoms with Crippen molar-refractivity contribution in [3.05, 3.63) is 41.5 Å². The largest absolute Gasteiger partial charge is 0.298 e. The molecule has 88 valence electrons. The zero-order valence-corrected chi connectivity index (χ0v) is 10.4. The van der Waals surface area contributed by atoms with E-state index >= 15 is 0 Å². The molecule has 3 aliphatic rings. The number of carbonyl (C=O) groups excluding carboxylic acids is 1. The van der Waals surface area contributed by atoms with Gasteiger partial charge in [-0.2, -0.15) is 0 Å². The first-order valence-electron chi connectivity index (χ1n) is 6.39. The molecular weight excluding hydrogens is 208 g/mol. The number of carbonyl (C=O) groups is 1. The molecule has 1 fully saturated rings. The molecule has 0 radical (unpaired) electrons. The van der Waals surface area contributed by atoms with Gasteiger partial charge in [-0.05, 0) is 41.2 Å². The number of hydrogen-bond acceptors (Lipinski definition) is 1. The van der Waals surface area contributed by atoms with Crippen LogP contribution in [0.1, 0.15) is 42.6 Å². The van der Waals surface area contributed by atoms with Gasteiger partial charge in [0.2, 0.25) is 0 Å².